The third kappa shape index (κ3) is 5.82. The number of morpholine rings is 1. The largest absolute Gasteiger partial charge is 0.497 e. The number of hydrogen-bond donors (Lipinski definition) is 1. The summed E-state index contributed by atoms with van der Waals surface area (Å²) in [5, 5.41) is 2.79. The van der Waals surface area contributed by atoms with Gasteiger partial charge in [-0.2, -0.15) is 0 Å². The van der Waals surface area contributed by atoms with Gasteiger partial charge in [-0.3, -0.25) is 14.5 Å². The molecular weight excluding hydrogens is 310 g/mol. The molecule has 7 heteroatoms. The van der Waals surface area contributed by atoms with Crippen molar-refractivity contribution in [2.24, 2.45) is 0 Å². The second-order valence-electron chi connectivity index (χ2n) is 5.67. The molecule has 0 unspecified atom stereocenters. The second-order valence-corrected chi connectivity index (χ2v) is 5.67. The molecule has 0 spiro atoms. The molecule has 0 saturated carbocycles. The Morgan fingerprint density at radius 3 is 2.75 bits per heavy atom. The van der Waals surface area contributed by atoms with Crippen molar-refractivity contribution in [2.75, 3.05) is 58.4 Å². The predicted octanol–water partition coefficient (Wildman–Crippen LogP) is 0.814. The minimum absolute atomic E-state index is 0.0386. The SMILES string of the molecule is COc1cccc(NC(=O)CN(CCN2CCOCC2)C(C)=O)c1. The first-order chi connectivity index (χ1) is 11.6. The van der Waals surface area contributed by atoms with E-state index in [1.54, 1.807) is 36.3 Å². The van der Waals surface area contributed by atoms with Gasteiger partial charge in [-0.15, -0.1) is 0 Å². The van der Waals surface area contributed by atoms with Crippen molar-refractivity contribution in [3.63, 3.8) is 0 Å². The zero-order valence-electron chi connectivity index (χ0n) is 14.3. The Morgan fingerprint density at radius 1 is 1.33 bits per heavy atom. The topological polar surface area (TPSA) is 71.1 Å². The summed E-state index contributed by atoms with van der Waals surface area (Å²) >= 11 is 0. The summed E-state index contributed by atoms with van der Waals surface area (Å²) in [4.78, 5) is 27.8. The molecule has 1 aromatic carbocycles. The number of carbonyl (C=O) groups excluding carboxylic acids is 2. The van der Waals surface area contributed by atoms with Crippen LogP contribution in [0.4, 0.5) is 5.69 Å². The summed E-state index contributed by atoms with van der Waals surface area (Å²) < 4.78 is 10.4. The lowest BCUT2D eigenvalue weighted by molar-refractivity contribution is -0.133. The highest BCUT2D eigenvalue weighted by atomic mass is 16.5. The minimum atomic E-state index is -0.222. The minimum Gasteiger partial charge on any atom is -0.497 e. The molecule has 2 amide bonds. The van der Waals surface area contributed by atoms with Gasteiger partial charge >= 0.3 is 0 Å². The van der Waals surface area contributed by atoms with E-state index in [1.165, 1.54) is 6.92 Å². The van der Waals surface area contributed by atoms with Crippen LogP contribution in [0.3, 0.4) is 0 Å². The van der Waals surface area contributed by atoms with Crippen LogP contribution in [0.2, 0.25) is 0 Å². The van der Waals surface area contributed by atoms with Gasteiger partial charge in [0.15, 0.2) is 0 Å². The molecule has 0 bridgehead atoms. The maximum atomic E-state index is 12.2. The predicted molar refractivity (Wildman–Crippen MR) is 91.1 cm³/mol. The van der Waals surface area contributed by atoms with E-state index in [4.69, 9.17) is 9.47 Å². The second kappa shape index (κ2) is 9.24. The third-order valence-electron chi connectivity index (χ3n) is 3.92. The van der Waals surface area contributed by atoms with E-state index in [0.717, 1.165) is 32.8 Å². The van der Waals surface area contributed by atoms with Gasteiger partial charge < -0.3 is 19.7 Å². The molecule has 1 aliphatic heterocycles. The van der Waals surface area contributed by atoms with Gasteiger partial charge in [-0.05, 0) is 12.1 Å². The lowest BCUT2D eigenvalue weighted by Gasteiger charge is -2.29. The standard InChI is InChI=1S/C17H25N3O4/c1-14(21)20(7-6-19-8-10-24-11-9-19)13-17(22)18-15-4-3-5-16(12-15)23-2/h3-5,12H,6-11,13H2,1-2H3,(H,18,22). The number of amides is 2. The van der Waals surface area contributed by atoms with E-state index < -0.39 is 0 Å². The molecule has 7 nitrogen and oxygen atoms in total. The monoisotopic (exact) mass is 335 g/mol. The number of rotatable bonds is 7. The maximum Gasteiger partial charge on any atom is 0.243 e. The summed E-state index contributed by atoms with van der Waals surface area (Å²) in [5.41, 5.74) is 0.649. The van der Waals surface area contributed by atoms with Gasteiger partial charge in [0, 0.05) is 44.9 Å². The number of benzene rings is 1. The molecule has 24 heavy (non-hydrogen) atoms. The summed E-state index contributed by atoms with van der Waals surface area (Å²) in [7, 11) is 1.57. The summed E-state index contributed by atoms with van der Waals surface area (Å²) in [6.07, 6.45) is 0. The first kappa shape index (κ1) is 18.2. The van der Waals surface area contributed by atoms with Crippen LogP contribution >= 0.6 is 0 Å². The van der Waals surface area contributed by atoms with E-state index in [1.807, 2.05) is 0 Å². The maximum absolute atomic E-state index is 12.2. The van der Waals surface area contributed by atoms with Crippen molar-refractivity contribution in [2.45, 2.75) is 6.92 Å². The van der Waals surface area contributed by atoms with Crippen LogP contribution in [0.25, 0.3) is 0 Å². The highest BCUT2D eigenvalue weighted by Crippen LogP contribution is 2.16. The molecule has 132 valence electrons. The van der Waals surface area contributed by atoms with Crippen molar-refractivity contribution >= 4 is 17.5 Å². The molecule has 1 aliphatic rings. The van der Waals surface area contributed by atoms with Crippen LogP contribution in [-0.2, 0) is 14.3 Å². The Morgan fingerprint density at radius 2 is 2.08 bits per heavy atom. The molecular formula is C17H25N3O4. The number of anilines is 1. The molecule has 0 atom stereocenters. The average molecular weight is 335 g/mol. The number of ether oxygens (including phenoxy) is 2. The van der Waals surface area contributed by atoms with Crippen molar-refractivity contribution in [1.82, 2.24) is 9.80 Å². The highest BCUT2D eigenvalue weighted by molar-refractivity contribution is 5.94. The number of nitrogens with one attached hydrogen (secondary N) is 1. The van der Waals surface area contributed by atoms with E-state index in [-0.39, 0.29) is 18.4 Å². The lowest BCUT2D eigenvalue weighted by Crippen LogP contribution is -2.44. The summed E-state index contributed by atoms with van der Waals surface area (Å²) in [6.45, 7) is 5.96. The first-order valence-corrected chi connectivity index (χ1v) is 8.08. The zero-order chi connectivity index (χ0) is 17.4. The molecule has 1 fully saturated rings. The Balaban J connectivity index is 1.84. The van der Waals surface area contributed by atoms with Gasteiger partial charge in [0.2, 0.25) is 11.8 Å². The average Bonchev–Trinajstić information content (AvgIpc) is 2.59. The lowest BCUT2D eigenvalue weighted by atomic mass is 10.3. The van der Waals surface area contributed by atoms with E-state index in [2.05, 4.69) is 10.2 Å². The Labute approximate surface area is 142 Å². The summed E-state index contributed by atoms with van der Waals surface area (Å²) in [6, 6.07) is 7.13. The van der Waals surface area contributed by atoms with Crippen molar-refractivity contribution < 1.29 is 19.1 Å². The van der Waals surface area contributed by atoms with Crippen LogP contribution < -0.4 is 10.1 Å². The number of nitrogens with zero attached hydrogens (tertiary/aromatic N) is 2. The molecule has 1 saturated heterocycles. The van der Waals surface area contributed by atoms with E-state index >= 15 is 0 Å². The molecule has 1 N–H and O–H groups in total. The summed E-state index contributed by atoms with van der Waals surface area (Å²) in [5.74, 6) is 0.341. The number of hydrogen-bond acceptors (Lipinski definition) is 5. The molecule has 0 aliphatic carbocycles. The van der Waals surface area contributed by atoms with Crippen LogP contribution in [0.1, 0.15) is 6.92 Å². The number of methoxy groups -OCH3 is 1. The molecule has 1 aromatic rings. The van der Waals surface area contributed by atoms with Gasteiger partial charge in [0.1, 0.15) is 5.75 Å². The normalized spacial score (nSPS) is 14.9. The van der Waals surface area contributed by atoms with Crippen LogP contribution in [0.5, 0.6) is 5.75 Å². The van der Waals surface area contributed by atoms with Crippen molar-refractivity contribution in [1.29, 1.82) is 0 Å². The fourth-order valence-corrected chi connectivity index (χ4v) is 2.51. The van der Waals surface area contributed by atoms with Crippen molar-refractivity contribution in [3.05, 3.63) is 24.3 Å². The molecule has 0 radical (unpaired) electrons. The zero-order valence-corrected chi connectivity index (χ0v) is 14.3. The Bertz CT molecular complexity index is 559. The quantitative estimate of drug-likeness (QED) is 0.799. The van der Waals surface area contributed by atoms with Crippen LogP contribution in [0.15, 0.2) is 24.3 Å². The van der Waals surface area contributed by atoms with Crippen LogP contribution in [0, 0.1) is 0 Å². The fraction of sp³-hybridized carbons (Fsp3) is 0.529. The smallest absolute Gasteiger partial charge is 0.243 e. The molecule has 0 aromatic heterocycles. The fourth-order valence-electron chi connectivity index (χ4n) is 2.51. The molecule has 1 heterocycles. The number of carbonyl (C=O) groups is 2. The van der Waals surface area contributed by atoms with Gasteiger partial charge in [-0.25, -0.2) is 0 Å². The first-order valence-electron chi connectivity index (χ1n) is 8.08. The van der Waals surface area contributed by atoms with Gasteiger partial charge in [0.05, 0.1) is 26.9 Å². The van der Waals surface area contributed by atoms with Crippen LogP contribution in [-0.4, -0.2) is 74.7 Å². The van der Waals surface area contributed by atoms with Crippen molar-refractivity contribution in [3.8, 4) is 5.75 Å². The Kier molecular flexibility index (Phi) is 7.02. The Hall–Kier alpha value is -2.12. The highest BCUT2D eigenvalue weighted by Gasteiger charge is 2.17. The third-order valence-corrected chi connectivity index (χ3v) is 3.92. The molecule has 2 rings (SSSR count). The van der Waals surface area contributed by atoms with E-state index in [0.29, 0.717) is 18.0 Å². The van der Waals surface area contributed by atoms with Gasteiger partial charge in [-0.1, -0.05) is 6.07 Å². The van der Waals surface area contributed by atoms with Gasteiger partial charge in [0.25, 0.3) is 0 Å². The van der Waals surface area contributed by atoms with E-state index in [9.17, 15) is 9.59 Å².